The van der Waals surface area contributed by atoms with Gasteiger partial charge < -0.3 is 15.2 Å². The van der Waals surface area contributed by atoms with E-state index in [1.165, 1.54) is 49.4 Å². The zero-order valence-corrected chi connectivity index (χ0v) is 11.5. The van der Waals surface area contributed by atoms with Crippen molar-refractivity contribution in [3.8, 4) is 0 Å². The lowest BCUT2D eigenvalue weighted by Gasteiger charge is -2.12. The summed E-state index contributed by atoms with van der Waals surface area (Å²) in [4.78, 5) is 33.5. The number of anilines is 1. The average Bonchev–Trinajstić information content (AvgIpc) is 2.49. The molecular weight excluding hydrogens is 288 g/mol. The maximum Gasteiger partial charge on any atom is 0.274 e. The molecule has 1 N–H and O–H groups in total. The van der Waals surface area contributed by atoms with Gasteiger partial charge in [-0.3, -0.25) is 14.9 Å². The number of carbonyl (C=O) groups is 2. The predicted molar refractivity (Wildman–Crippen MR) is 76.6 cm³/mol. The second-order valence-electron chi connectivity index (χ2n) is 4.49. The van der Waals surface area contributed by atoms with E-state index in [0.717, 1.165) is 0 Å². The number of rotatable bonds is 4. The molecule has 7 nitrogen and oxygen atoms in total. The number of nitro benzene ring substituents is 1. The minimum atomic E-state index is -1.47. The van der Waals surface area contributed by atoms with Crippen LogP contribution in [0.4, 0.5) is 11.4 Å². The molecule has 0 spiro atoms. The second kappa shape index (κ2) is 6.04. The molecule has 0 aliphatic rings. The van der Waals surface area contributed by atoms with Crippen LogP contribution in [0.3, 0.4) is 0 Å². The molecular formula is C15H11N2O5-. The molecule has 0 bridgehead atoms. The molecule has 0 unspecified atom stereocenters. The Morgan fingerprint density at radius 1 is 1.05 bits per heavy atom. The summed E-state index contributed by atoms with van der Waals surface area (Å²) in [5.74, 6) is -2.15. The first kappa shape index (κ1) is 15.2. The Bertz CT molecular complexity index is 770. The number of aromatic carboxylic acids is 1. The fraction of sp³-hybridized carbons (Fsp3) is 0.0667. The Morgan fingerprint density at radius 2 is 1.68 bits per heavy atom. The van der Waals surface area contributed by atoms with Crippen LogP contribution in [0.25, 0.3) is 0 Å². The van der Waals surface area contributed by atoms with Crippen molar-refractivity contribution in [2.24, 2.45) is 0 Å². The monoisotopic (exact) mass is 299 g/mol. The summed E-state index contributed by atoms with van der Waals surface area (Å²) in [6, 6.07) is 9.84. The van der Waals surface area contributed by atoms with E-state index in [0.29, 0.717) is 0 Å². The molecule has 0 fully saturated rings. The number of benzene rings is 2. The highest BCUT2D eigenvalue weighted by Crippen LogP contribution is 2.25. The number of nitro groups is 1. The Morgan fingerprint density at radius 3 is 2.27 bits per heavy atom. The molecule has 2 rings (SSSR count). The number of hydrogen-bond donors (Lipinski definition) is 1. The van der Waals surface area contributed by atoms with Gasteiger partial charge in [0.2, 0.25) is 0 Å². The van der Waals surface area contributed by atoms with E-state index >= 15 is 0 Å². The highest BCUT2D eigenvalue weighted by Gasteiger charge is 2.17. The van der Waals surface area contributed by atoms with Gasteiger partial charge in [-0.2, -0.15) is 0 Å². The van der Waals surface area contributed by atoms with Gasteiger partial charge in [-0.25, -0.2) is 0 Å². The zero-order valence-electron chi connectivity index (χ0n) is 11.5. The van der Waals surface area contributed by atoms with Crippen LogP contribution in [0.1, 0.15) is 26.3 Å². The van der Waals surface area contributed by atoms with Gasteiger partial charge in [0.1, 0.15) is 0 Å². The number of nitrogens with zero attached hydrogens (tertiary/aromatic N) is 1. The molecule has 22 heavy (non-hydrogen) atoms. The van der Waals surface area contributed by atoms with E-state index in [2.05, 4.69) is 5.32 Å². The first-order valence-corrected chi connectivity index (χ1v) is 6.27. The minimum absolute atomic E-state index is 0.0755. The maximum atomic E-state index is 12.2. The molecule has 0 aliphatic heterocycles. The van der Waals surface area contributed by atoms with E-state index in [4.69, 9.17) is 0 Å². The number of carboxylic acid groups (broad SMARTS) is 1. The lowest BCUT2D eigenvalue weighted by Crippen LogP contribution is -2.26. The Balaban J connectivity index is 2.37. The molecule has 0 aliphatic carbocycles. The third kappa shape index (κ3) is 2.93. The van der Waals surface area contributed by atoms with E-state index in [9.17, 15) is 24.8 Å². The Kier molecular flexibility index (Phi) is 4.17. The molecule has 0 aromatic heterocycles. The van der Waals surface area contributed by atoms with Gasteiger partial charge in [-0.15, -0.1) is 0 Å². The van der Waals surface area contributed by atoms with Crippen molar-refractivity contribution in [1.82, 2.24) is 0 Å². The maximum absolute atomic E-state index is 12.2. The van der Waals surface area contributed by atoms with Crippen LogP contribution in [-0.4, -0.2) is 16.8 Å². The lowest BCUT2D eigenvalue weighted by molar-refractivity contribution is -0.385. The van der Waals surface area contributed by atoms with Gasteiger partial charge in [0.05, 0.1) is 22.1 Å². The first-order valence-electron chi connectivity index (χ1n) is 6.27. The highest BCUT2D eigenvalue weighted by atomic mass is 16.6. The normalized spacial score (nSPS) is 10.0. The van der Waals surface area contributed by atoms with Gasteiger partial charge in [-0.1, -0.05) is 24.3 Å². The quantitative estimate of drug-likeness (QED) is 0.679. The van der Waals surface area contributed by atoms with E-state index in [1.807, 2.05) is 0 Å². The Hall–Kier alpha value is -3.22. The Labute approximate surface area is 125 Å². The predicted octanol–water partition coefficient (Wildman–Crippen LogP) is 1.52. The number of nitrogens with one attached hydrogen (secondary N) is 1. The molecule has 0 atom stereocenters. The number of amides is 1. The van der Waals surface area contributed by atoms with Crippen molar-refractivity contribution in [3.63, 3.8) is 0 Å². The molecule has 0 radical (unpaired) electrons. The summed E-state index contributed by atoms with van der Waals surface area (Å²) in [5, 5.41) is 24.4. The average molecular weight is 299 g/mol. The van der Waals surface area contributed by atoms with Gasteiger partial charge >= 0.3 is 0 Å². The molecule has 112 valence electrons. The molecule has 0 saturated heterocycles. The van der Waals surface area contributed by atoms with Crippen LogP contribution >= 0.6 is 0 Å². The van der Waals surface area contributed by atoms with E-state index in [-0.39, 0.29) is 28.1 Å². The van der Waals surface area contributed by atoms with Crippen LogP contribution in [-0.2, 0) is 0 Å². The van der Waals surface area contributed by atoms with Crippen LogP contribution in [0.15, 0.2) is 42.5 Å². The van der Waals surface area contributed by atoms with Gasteiger partial charge in [-0.05, 0) is 19.1 Å². The van der Waals surface area contributed by atoms with Crippen LogP contribution in [0.5, 0.6) is 0 Å². The van der Waals surface area contributed by atoms with Crippen molar-refractivity contribution in [2.75, 3.05) is 5.32 Å². The SMILES string of the molecule is Cc1c(NC(=O)c2ccccc2C(=O)[O-])cccc1[N+](=O)[O-]. The van der Waals surface area contributed by atoms with Gasteiger partial charge in [0, 0.05) is 17.2 Å². The standard InChI is InChI=1S/C15H12N2O5/c1-9-12(7-4-8-13(9)17(21)22)16-14(18)10-5-2-3-6-11(10)15(19)20/h2-8H,1H3,(H,16,18)(H,19,20)/p-1. The van der Waals surface area contributed by atoms with Gasteiger partial charge in [0.15, 0.2) is 0 Å². The molecule has 7 heteroatoms. The second-order valence-corrected chi connectivity index (χ2v) is 4.49. The fourth-order valence-electron chi connectivity index (χ4n) is 2.01. The summed E-state index contributed by atoms with van der Waals surface area (Å²) in [6.07, 6.45) is 0. The molecule has 0 heterocycles. The number of carboxylic acids is 1. The van der Waals surface area contributed by atoms with Crippen molar-refractivity contribution < 1.29 is 19.6 Å². The highest BCUT2D eigenvalue weighted by molar-refractivity contribution is 6.10. The summed E-state index contributed by atoms with van der Waals surface area (Å²) in [7, 11) is 0. The van der Waals surface area contributed by atoms with E-state index < -0.39 is 16.8 Å². The summed E-state index contributed by atoms with van der Waals surface area (Å²) >= 11 is 0. The van der Waals surface area contributed by atoms with Crippen molar-refractivity contribution in [2.45, 2.75) is 6.92 Å². The number of carbonyl (C=O) groups excluding carboxylic acids is 2. The van der Waals surface area contributed by atoms with Crippen LogP contribution < -0.4 is 10.4 Å². The zero-order chi connectivity index (χ0) is 16.3. The van der Waals surface area contributed by atoms with Crippen LogP contribution in [0.2, 0.25) is 0 Å². The lowest BCUT2D eigenvalue weighted by atomic mass is 10.1. The summed E-state index contributed by atoms with van der Waals surface area (Å²) < 4.78 is 0. The number of hydrogen-bond acceptors (Lipinski definition) is 5. The van der Waals surface area contributed by atoms with Crippen LogP contribution in [0, 0.1) is 17.0 Å². The van der Waals surface area contributed by atoms with E-state index in [1.54, 1.807) is 0 Å². The van der Waals surface area contributed by atoms with Crippen molar-refractivity contribution in [1.29, 1.82) is 0 Å². The molecule has 0 saturated carbocycles. The van der Waals surface area contributed by atoms with Crippen molar-refractivity contribution in [3.05, 3.63) is 69.3 Å². The summed E-state index contributed by atoms with van der Waals surface area (Å²) in [6.45, 7) is 1.50. The topological polar surface area (TPSA) is 112 Å². The first-order chi connectivity index (χ1) is 10.4. The third-order valence-corrected chi connectivity index (χ3v) is 3.14. The molecule has 2 aromatic rings. The molecule has 2 aromatic carbocycles. The fourth-order valence-corrected chi connectivity index (χ4v) is 2.01. The third-order valence-electron chi connectivity index (χ3n) is 3.14. The summed E-state index contributed by atoms with van der Waals surface area (Å²) in [5.41, 5.74) is 0.0709. The van der Waals surface area contributed by atoms with Gasteiger partial charge in [0.25, 0.3) is 11.6 Å². The smallest absolute Gasteiger partial charge is 0.274 e. The largest absolute Gasteiger partial charge is 0.545 e. The minimum Gasteiger partial charge on any atom is -0.545 e. The van der Waals surface area contributed by atoms with Crippen molar-refractivity contribution >= 4 is 23.3 Å². The molecule has 1 amide bonds.